The fourth-order valence-corrected chi connectivity index (χ4v) is 3.16. The highest BCUT2D eigenvalue weighted by molar-refractivity contribution is 4.97. The zero-order valence-electron chi connectivity index (χ0n) is 7.71. The Labute approximate surface area is 75.0 Å². The van der Waals surface area contributed by atoms with Gasteiger partial charge in [0, 0.05) is 6.04 Å². The average molecular weight is 165 g/mol. The molecular weight excluding hydrogens is 146 g/mol. The van der Waals surface area contributed by atoms with Crippen LogP contribution in [0.1, 0.15) is 32.1 Å². The van der Waals surface area contributed by atoms with Crippen LogP contribution in [-0.4, -0.2) is 6.04 Å². The minimum absolute atomic E-state index is 0.482. The topological polar surface area (TPSA) is 26.0 Å². The van der Waals surface area contributed by atoms with Crippen molar-refractivity contribution < 1.29 is 0 Å². The number of hydrogen-bond acceptors (Lipinski definition) is 1. The molecule has 3 fully saturated rings. The Bertz CT molecular complexity index is 166. The molecule has 3 aliphatic carbocycles. The molecule has 2 bridgehead atoms. The quantitative estimate of drug-likeness (QED) is 0.624. The second kappa shape index (κ2) is 3.21. The Morgan fingerprint density at radius 1 is 1.17 bits per heavy atom. The molecule has 0 amide bonds. The van der Waals surface area contributed by atoms with Crippen LogP contribution in [0.25, 0.3) is 0 Å². The molecule has 3 rings (SSSR count). The van der Waals surface area contributed by atoms with E-state index in [0.29, 0.717) is 6.04 Å². The Hall–Kier alpha value is -0.300. The molecule has 12 heavy (non-hydrogen) atoms. The van der Waals surface area contributed by atoms with Crippen molar-refractivity contribution in [2.45, 2.75) is 38.1 Å². The normalized spacial score (nSPS) is 46.1. The van der Waals surface area contributed by atoms with Crippen LogP contribution >= 0.6 is 0 Å². The van der Waals surface area contributed by atoms with Crippen LogP contribution in [0.5, 0.6) is 0 Å². The first-order chi connectivity index (χ1) is 5.83. The van der Waals surface area contributed by atoms with Crippen LogP contribution in [-0.2, 0) is 0 Å². The van der Waals surface area contributed by atoms with Gasteiger partial charge >= 0.3 is 0 Å². The van der Waals surface area contributed by atoms with Gasteiger partial charge in [0.2, 0.25) is 0 Å². The summed E-state index contributed by atoms with van der Waals surface area (Å²) in [5.74, 6) is 2.51. The number of rotatable bonds is 2. The molecule has 0 aromatic heterocycles. The molecule has 0 aromatic rings. The van der Waals surface area contributed by atoms with E-state index in [1.807, 2.05) is 6.08 Å². The van der Waals surface area contributed by atoms with E-state index < -0.39 is 0 Å². The molecule has 0 aromatic carbocycles. The predicted molar refractivity (Wildman–Crippen MR) is 51.7 cm³/mol. The van der Waals surface area contributed by atoms with E-state index in [1.54, 1.807) is 0 Å². The first kappa shape index (κ1) is 8.31. The van der Waals surface area contributed by atoms with Gasteiger partial charge in [0.1, 0.15) is 0 Å². The van der Waals surface area contributed by atoms with Crippen molar-refractivity contribution in [3.8, 4) is 0 Å². The van der Waals surface area contributed by atoms with Crippen LogP contribution < -0.4 is 5.73 Å². The highest BCUT2D eigenvalue weighted by atomic mass is 14.7. The summed E-state index contributed by atoms with van der Waals surface area (Å²) in [4.78, 5) is 0. The van der Waals surface area contributed by atoms with Crippen LogP contribution in [0.15, 0.2) is 12.7 Å². The Balaban J connectivity index is 2.07. The van der Waals surface area contributed by atoms with Gasteiger partial charge in [-0.1, -0.05) is 6.08 Å². The van der Waals surface area contributed by atoms with E-state index in [-0.39, 0.29) is 0 Å². The van der Waals surface area contributed by atoms with E-state index in [0.717, 1.165) is 24.2 Å². The van der Waals surface area contributed by atoms with Gasteiger partial charge in [-0.15, -0.1) is 6.58 Å². The fourth-order valence-electron chi connectivity index (χ4n) is 3.16. The largest absolute Gasteiger partial charge is 0.327 e. The summed E-state index contributed by atoms with van der Waals surface area (Å²) in [5, 5.41) is 0. The lowest BCUT2D eigenvalue weighted by molar-refractivity contribution is 0.0731. The number of nitrogens with two attached hydrogens (primary N) is 1. The second-order valence-corrected chi connectivity index (χ2v) is 4.44. The Kier molecular flexibility index (Phi) is 2.22. The van der Waals surface area contributed by atoms with Crippen LogP contribution in [0, 0.1) is 17.8 Å². The van der Waals surface area contributed by atoms with Gasteiger partial charge in [-0.2, -0.15) is 0 Å². The Morgan fingerprint density at radius 2 is 1.75 bits per heavy atom. The molecule has 3 saturated carbocycles. The second-order valence-electron chi connectivity index (χ2n) is 4.44. The first-order valence-electron chi connectivity index (χ1n) is 5.19. The van der Waals surface area contributed by atoms with Crippen molar-refractivity contribution in [3.05, 3.63) is 12.7 Å². The van der Waals surface area contributed by atoms with Crippen LogP contribution in [0.3, 0.4) is 0 Å². The lowest BCUT2D eigenvalue weighted by Crippen LogP contribution is -2.48. The fraction of sp³-hybridized carbons (Fsp3) is 0.818. The van der Waals surface area contributed by atoms with E-state index in [2.05, 4.69) is 6.58 Å². The summed E-state index contributed by atoms with van der Waals surface area (Å²) < 4.78 is 0. The molecule has 3 aliphatic rings. The highest BCUT2D eigenvalue weighted by Gasteiger charge is 2.40. The summed E-state index contributed by atoms with van der Waals surface area (Å²) in [6.45, 7) is 3.82. The summed E-state index contributed by atoms with van der Waals surface area (Å²) >= 11 is 0. The Morgan fingerprint density at radius 3 is 2.25 bits per heavy atom. The third kappa shape index (κ3) is 1.20. The molecule has 2 N–H and O–H groups in total. The zero-order chi connectivity index (χ0) is 8.55. The van der Waals surface area contributed by atoms with E-state index in [4.69, 9.17) is 5.73 Å². The minimum Gasteiger partial charge on any atom is -0.327 e. The van der Waals surface area contributed by atoms with Gasteiger partial charge in [0.15, 0.2) is 0 Å². The van der Waals surface area contributed by atoms with Gasteiger partial charge < -0.3 is 5.73 Å². The molecule has 0 aliphatic heterocycles. The lowest BCUT2D eigenvalue weighted by atomic mass is 9.61. The zero-order valence-corrected chi connectivity index (χ0v) is 7.71. The molecule has 0 spiro atoms. The van der Waals surface area contributed by atoms with Crippen molar-refractivity contribution >= 4 is 0 Å². The van der Waals surface area contributed by atoms with Gasteiger partial charge in [-0.05, 0) is 49.9 Å². The number of fused-ring (bicyclic) bond motifs is 3. The summed E-state index contributed by atoms with van der Waals surface area (Å²) in [7, 11) is 0. The molecule has 1 nitrogen and oxygen atoms in total. The number of hydrogen-bond donors (Lipinski definition) is 1. The number of allylic oxidation sites excluding steroid dienone is 1. The van der Waals surface area contributed by atoms with E-state index >= 15 is 0 Å². The van der Waals surface area contributed by atoms with Gasteiger partial charge in [-0.25, -0.2) is 0 Å². The van der Waals surface area contributed by atoms with Crippen molar-refractivity contribution in [2.75, 3.05) is 0 Å². The molecule has 2 atom stereocenters. The van der Waals surface area contributed by atoms with E-state index in [9.17, 15) is 0 Å². The van der Waals surface area contributed by atoms with Crippen molar-refractivity contribution in [2.24, 2.45) is 23.5 Å². The lowest BCUT2D eigenvalue weighted by Gasteiger charge is -2.47. The molecular formula is C11H19N. The maximum Gasteiger partial charge on any atom is 0.0101 e. The van der Waals surface area contributed by atoms with E-state index in [1.165, 1.54) is 25.7 Å². The van der Waals surface area contributed by atoms with Gasteiger partial charge in [-0.3, -0.25) is 0 Å². The van der Waals surface area contributed by atoms with Gasteiger partial charge in [0.05, 0.1) is 0 Å². The van der Waals surface area contributed by atoms with Crippen LogP contribution in [0.2, 0.25) is 0 Å². The summed E-state index contributed by atoms with van der Waals surface area (Å²) in [6.07, 6.45) is 8.82. The van der Waals surface area contributed by atoms with Crippen molar-refractivity contribution in [1.82, 2.24) is 0 Å². The maximum atomic E-state index is 6.20. The average Bonchev–Trinajstić information content (AvgIpc) is 2.12. The standard InChI is InChI=1S/C11H19N/c1-2-3-10-8-4-6-9(7-5-8)11(10)12/h2,8-11H,1,3-7,12H2. The third-order valence-corrected chi connectivity index (χ3v) is 3.90. The third-order valence-electron chi connectivity index (χ3n) is 3.90. The molecule has 0 heterocycles. The minimum atomic E-state index is 0.482. The monoisotopic (exact) mass is 165 g/mol. The molecule has 0 radical (unpaired) electrons. The smallest absolute Gasteiger partial charge is 0.0101 e. The molecule has 2 unspecified atom stereocenters. The highest BCUT2D eigenvalue weighted by Crippen LogP contribution is 2.45. The maximum absolute atomic E-state index is 6.20. The first-order valence-corrected chi connectivity index (χ1v) is 5.19. The summed E-state index contributed by atoms with van der Waals surface area (Å²) in [5.41, 5.74) is 6.20. The van der Waals surface area contributed by atoms with Crippen LogP contribution in [0.4, 0.5) is 0 Å². The van der Waals surface area contributed by atoms with Gasteiger partial charge in [0.25, 0.3) is 0 Å². The molecule has 68 valence electrons. The van der Waals surface area contributed by atoms with Crippen molar-refractivity contribution in [1.29, 1.82) is 0 Å². The molecule has 1 heteroatoms. The summed E-state index contributed by atoms with van der Waals surface area (Å²) in [6, 6.07) is 0.482. The molecule has 0 saturated heterocycles. The van der Waals surface area contributed by atoms with Crippen molar-refractivity contribution in [3.63, 3.8) is 0 Å². The SMILES string of the molecule is C=CCC1C2CCC(CC2)C1N. The predicted octanol–water partition coefficient (Wildman–Crippen LogP) is 2.33.